The quantitative estimate of drug-likeness (QED) is 0.595. The molecular formula is C18H25ClN4O. The molecule has 0 unspecified atom stereocenters. The number of aliphatic imine (C=N–C) groups is 1. The molecule has 0 saturated heterocycles. The second kappa shape index (κ2) is 9.33. The van der Waals surface area contributed by atoms with E-state index in [0.29, 0.717) is 6.54 Å². The van der Waals surface area contributed by atoms with Gasteiger partial charge in [-0.15, -0.1) is 0 Å². The van der Waals surface area contributed by atoms with Crippen LogP contribution >= 0.6 is 11.6 Å². The van der Waals surface area contributed by atoms with Crippen LogP contribution in [0.4, 0.5) is 0 Å². The minimum absolute atomic E-state index is 0.690. The Balaban J connectivity index is 1.84. The molecule has 0 saturated carbocycles. The Morgan fingerprint density at radius 1 is 1.25 bits per heavy atom. The van der Waals surface area contributed by atoms with Gasteiger partial charge < -0.3 is 15.2 Å². The maximum atomic E-state index is 6.01. The molecule has 0 fully saturated rings. The zero-order chi connectivity index (χ0) is 17.4. The van der Waals surface area contributed by atoms with Crippen molar-refractivity contribution in [1.82, 2.24) is 15.8 Å². The van der Waals surface area contributed by atoms with Crippen LogP contribution in [0.3, 0.4) is 0 Å². The van der Waals surface area contributed by atoms with E-state index in [1.165, 1.54) is 5.56 Å². The number of hydrogen-bond donors (Lipinski definition) is 2. The molecule has 2 aromatic rings. The Morgan fingerprint density at radius 3 is 2.75 bits per heavy atom. The Morgan fingerprint density at radius 2 is 2.08 bits per heavy atom. The van der Waals surface area contributed by atoms with E-state index in [1.54, 1.807) is 0 Å². The van der Waals surface area contributed by atoms with E-state index in [-0.39, 0.29) is 0 Å². The van der Waals surface area contributed by atoms with Crippen molar-refractivity contribution < 1.29 is 4.52 Å². The van der Waals surface area contributed by atoms with Crippen LogP contribution in [0.5, 0.6) is 0 Å². The monoisotopic (exact) mass is 348 g/mol. The van der Waals surface area contributed by atoms with E-state index >= 15 is 0 Å². The first-order chi connectivity index (χ1) is 11.6. The van der Waals surface area contributed by atoms with E-state index in [0.717, 1.165) is 53.9 Å². The maximum absolute atomic E-state index is 6.01. The van der Waals surface area contributed by atoms with Crippen LogP contribution in [0.2, 0.25) is 5.02 Å². The van der Waals surface area contributed by atoms with Crippen LogP contribution in [-0.4, -0.2) is 30.8 Å². The van der Waals surface area contributed by atoms with Gasteiger partial charge in [0.05, 0.1) is 5.69 Å². The number of aromatic nitrogens is 1. The molecule has 1 heterocycles. The number of benzene rings is 1. The molecule has 0 amide bonds. The summed E-state index contributed by atoms with van der Waals surface area (Å²) in [6.07, 6.45) is 1.72. The summed E-state index contributed by atoms with van der Waals surface area (Å²) >= 11 is 6.01. The number of halogens is 1. The average molecular weight is 349 g/mol. The van der Waals surface area contributed by atoms with Gasteiger partial charge in [0, 0.05) is 30.2 Å². The fourth-order valence-corrected chi connectivity index (χ4v) is 2.71. The van der Waals surface area contributed by atoms with E-state index in [9.17, 15) is 0 Å². The molecule has 0 aliphatic heterocycles. The number of nitrogens with zero attached hydrogens (tertiary/aromatic N) is 2. The van der Waals surface area contributed by atoms with Crippen LogP contribution < -0.4 is 10.6 Å². The molecule has 1 aromatic carbocycles. The van der Waals surface area contributed by atoms with Gasteiger partial charge in [-0.25, -0.2) is 0 Å². The number of aryl methyl sites for hydroxylation is 2. The summed E-state index contributed by atoms with van der Waals surface area (Å²) in [4.78, 5) is 4.62. The Labute approximate surface area is 148 Å². The highest BCUT2D eigenvalue weighted by atomic mass is 35.5. The fourth-order valence-electron chi connectivity index (χ4n) is 2.50. The summed E-state index contributed by atoms with van der Waals surface area (Å²) in [5, 5.41) is 11.4. The Bertz CT molecular complexity index is 662. The van der Waals surface area contributed by atoms with Gasteiger partial charge in [-0.3, -0.25) is 4.99 Å². The highest BCUT2D eigenvalue weighted by Gasteiger charge is 2.08. The van der Waals surface area contributed by atoms with Crippen molar-refractivity contribution in [1.29, 1.82) is 0 Å². The summed E-state index contributed by atoms with van der Waals surface area (Å²) in [7, 11) is 0. The molecule has 130 valence electrons. The first-order valence-corrected chi connectivity index (χ1v) is 8.66. The molecule has 1 aromatic heterocycles. The van der Waals surface area contributed by atoms with Crippen molar-refractivity contribution in [2.75, 3.05) is 19.6 Å². The van der Waals surface area contributed by atoms with Crippen molar-refractivity contribution >= 4 is 17.6 Å². The minimum Gasteiger partial charge on any atom is -0.361 e. The molecule has 0 bridgehead atoms. The van der Waals surface area contributed by atoms with Crippen LogP contribution in [0.15, 0.2) is 33.8 Å². The summed E-state index contributed by atoms with van der Waals surface area (Å²) in [6.45, 7) is 8.28. The number of guanidine groups is 1. The van der Waals surface area contributed by atoms with Gasteiger partial charge in [0.2, 0.25) is 0 Å². The molecule has 5 nitrogen and oxygen atoms in total. The largest absolute Gasteiger partial charge is 0.361 e. The SMILES string of the molecule is CCNC(=NCCc1c(C)noc1C)NCCc1cccc(Cl)c1. The zero-order valence-electron chi connectivity index (χ0n) is 14.5. The summed E-state index contributed by atoms with van der Waals surface area (Å²) in [5.74, 6) is 1.70. The smallest absolute Gasteiger partial charge is 0.191 e. The number of hydrogen-bond acceptors (Lipinski definition) is 3. The highest BCUT2D eigenvalue weighted by molar-refractivity contribution is 6.30. The molecular weight excluding hydrogens is 324 g/mol. The molecule has 2 rings (SSSR count). The standard InChI is InChI=1S/C18H25ClN4O/c1-4-20-18(21-10-8-15-6-5-7-16(19)12-15)22-11-9-17-13(2)23-24-14(17)3/h5-7,12H,4,8-11H2,1-3H3,(H2,20,21,22). The Kier molecular flexibility index (Phi) is 7.12. The van der Waals surface area contributed by atoms with Crippen LogP contribution in [-0.2, 0) is 12.8 Å². The van der Waals surface area contributed by atoms with Gasteiger partial charge in [-0.1, -0.05) is 28.9 Å². The number of rotatable bonds is 7. The van der Waals surface area contributed by atoms with E-state index in [1.807, 2.05) is 32.0 Å². The number of nitrogens with one attached hydrogen (secondary N) is 2. The first kappa shape index (κ1) is 18.3. The predicted octanol–water partition coefficient (Wildman–Crippen LogP) is 3.29. The van der Waals surface area contributed by atoms with Crippen molar-refractivity contribution in [3.05, 3.63) is 51.9 Å². The average Bonchev–Trinajstić information content (AvgIpc) is 2.87. The molecule has 6 heteroatoms. The van der Waals surface area contributed by atoms with Gasteiger partial charge in [-0.2, -0.15) is 0 Å². The third-order valence-corrected chi connectivity index (χ3v) is 3.99. The van der Waals surface area contributed by atoms with E-state index < -0.39 is 0 Å². The highest BCUT2D eigenvalue weighted by Crippen LogP contribution is 2.12. The summed E-state index contributed by atoms with van der Waals surface area (Å²) in [5.41, 5.74) is 3.30. The van der Waals surface area contributed by atoms with Gasteiger partial charge in [0.25, 0.3) is 0 Å². The van der Waals surface area contributed by atoms with Gasteiger partial charge in [0.15, 0.2) is 5.96 Å². The molecule has 24 heavy (non-hydrogen) atoms. The van der Waals surface area contributed by atoms with Gasteiger partial charge in [0.1, 0.15) is 5.76 Å². The van der Waals surface area contributed by atoms with Crippen molar-refractivity contribution in [2.24, 2.45) is 4.99 Å². The third kappa shape index (κ3) is 5.57. The van der Waals surface area contributed by atoms with E-state index in [2.05, 4.69) is 33.8 Å². The summed E-state index contributed by atoms with van der Waals surface area (Å²) < 4.78 is 5.18. The van der Waals surface area contributed by atoms with Gasteiger partial charge >= 0.3 is 0 Å². The molecule has 0 radical (unpaired) electrons. The lowest BCUT2D eigenvalue weighted by atomic mass is 10.1. The summed E-state index contributed by atoms with van der Waals surface area (Å²) in [6, 6.07) is 7.93. The second-order valence-corrected chi connectivity index (χ2v) is 6.06. The van der Waals surface area contributed by atoms with Gasteiger partial charge in [-0.05, 0) is 51.3 Å². The molecule has 0 aliphatic carbocycles. The van der Waals surface area contributed by atoms with Crippen molar-refractivity contribution in [3.8, 4) is 0 Å². The maximum Gasteiger partial charge on any atom is 0.191 e. The third-order valence-electron chi connectivity index (χ3n) is 3.75. The first-order valence-electron chi connectivity index (χ1n) is 8.28. The zero-order valence-corrected chi connectivity index (χ0v) is 15.3. The second-order valence-electron chi connectivity index (χ2n) is 5.62. The molecule has 2 N–H and O–H groups in total. The van der Waals surface area contributed by atoms with E-state index in [4.69, 9.17) is 16.1 Å². The van der Waals surface area contributed by atoms with Crippen LogP contribution in [0.1, 0.15) is 29.5 Å². The lowest BCUT2D eigenvalue weighted by molar-refractivity contribution is 0.392. The van der Waals surface area contributed by atoms with Crippen LogP contribution in [0.25, 0.3) is 0 Å². The Hall–Kier alpha value is -2.01. The lowest BCUT2D eigenvalue weighted by Crippen LogP contribution is -2.38. The fraction of sp³-hybridized carbons (Fsp3) is 0.444. The van der Waals surface area contributed by atoms with Crippen LogP contribution in [0, 0.1) is 13.8 Å². The minimum atomic E-state index is 0.690. The van der Waals surface area contributed by atoms with Crippen molar-refractivity contribution in [2.45, 2.75) is 33.6 Å². The molecule has 0 spiro atoms. The molecule has 0 aliphatic rings. The van der Waals surface area contributed by atoms with Crippen molar-refractivity contribution in [3.63, 3.8) is 0 Å². The normalized spacial score (nSPS) is 11.6. The molecule has 0 atom stereocenters. The predicted molar refractivity (Wildman–Crippen MR) is 98.8 cm³/mol. The lowest BCUT2D eigenvalue weighted by Gasteiger charge is -2.11. The topological polar surface area (TPSA) is 62.5 Å².